The molecule has 1 heterocycles. The highest BCUT2D eigenvalue weighted by Crippen LogP contribution is 2.36. The Kier molecular flexibility index (Phi) is 7.95. The molecule has 0 aliphatic carbocycles. The van der Waals surface area contributed by atoms with Crippen molar-refractivity contribution >= 4 is 63.8 Å². The number of nitrogens with one attached hydrogen (secondary N) is 1. The lowest BCUT2D eigenvalue weighted by Crippen LogP contribution is -2.54. The number of aryl methyl sites for hydroxylation is 1. The van der Waals surface area contributed by atoms with E-state index in [0.29, 0.717) is 37.8 Å². The minimum absolute atomic E-state index is 0.161. The number of hydrogen-bond donors (Lipinski definition) is 1. The fourth-order valence-corrected chi connectivity index (χ4v) is 4.81. The number of rotatable bonds is 7. The Labute approximate surface area is 227 Å². The van der Waals surface area contributed by atoms with E-state index in [-0.39, 0.29) is 12.2 Å². The van der Waals surface area contributed by atoms with Crippen LogP contribution in [0.15, 0.2) is 66.2 Å². The molecule has 1 saturated heterocycles. The van der Waals surface area contributed by atoms with Gasteiger partial charge in [-0.2, -0.15) is 0 Å². The summed E-state index contributed by atoms with van der Waals surface area (Å²) in [5.74, 6) is -0.498. The van der Waals surface area contributed by atoms with Gasteiger partial charge in [0.15, 0.2) is 11.5 Å². The fraction of sp³-hybridized carbons (Fsp3) is 0.148. The standard InChI is InChI=1S/C27H22ClIN2O5/c1-3-18-8-4-5-10-22(18)31-26(33)20(25(32)30-27(31)34)12-17-13-21(29)24(23(14-17)35-2)36-15-16-7-6-9-19(28)11-16/h4-14H,3,15H2,1-2H3,(H,30,32,34)/b20-12-. The molecule has 1 N–H and O–H groups in total. The van der Waals surface area contributed by atoms with E-state index in [9.17, 15) is 14.4 Å². The number of ether oxygens (including phenoxy) is 2. The Morgan fingerprint density at radius 2 is 1.83 bits per heavy atom. The lowest BCUT2D eigenvalue weighted by molar-refractivity contribution is -0.122. The molecular weight excluding hydrogens is 595 g/mol. The van der Waals surface area contributed by atoms with Crippen LogP contribution in [0.1, 0.15) is 23.6 Å². The molecule has 9 heteroatoms. The van der Waals surface area contributed by atoms with E-state index >= 15 is 0 Å². The Morgan fingerprint density at radius 1 is 1.06 bits per heavy atom. The third-order valence-corrected chi connectivity index (χ3v) is 6.59. The quantitative estimate of drug-likeness (QED) is 0.207. The Hall–Kier alpha value is -3.37. The van der Waals surface area contributed by atoms with Gasteiger partial charge in [-0.15, -0.1) is 0 Å². The van der Waals surface area contributed by atoms with Gasteiger partial charge in [-0.3, -0.25) is 14.9 Å². The van der Waals surface area contributed by atoms with Gasteiger partial charge in [-0.25, -0.2) is 9.69 Å². The second kappa shape index (κ2) is 11.1. The van der Waals surface area contributed by atoms with Gasteiger partial charge < -0.3 is 9.47 Å². The second-order valence-electron chi connectivity index (χ2n) is 7.89. The van der Waals surface area contributed by atoms with E-state index in [2.05, 4.69) is 27.9 Å². The molecule has 0 bridgehead atoms. The van der Waals surface area contributed by atoms with E-state index in [0.717, 1.165) is 16.0 Å². The molecule has 4 rings (SSSR count). The maximum atomic E-state index is 13.3. The highest BCUT2D eigenvalue weighted by molar-refractivity contribution is 14.1. The lowest BCUT2D eigenvalue weighted by Gasteiger charge is -2.28. The second-order valence-corrected chi connectivity index (χ2v) is 9.49. The minimum Gasteiger partial charge on any atom is -0.493 e. The number of hydrogen-bond acceptors (Lipinski definition) is 5. The zero-order chi connectivity index (χ0) is 25.8. The molecule has 0 saturated carbocycles. The van der Waals surface area contributed by atoms with Crippen LogP contribution in [-0.4, -0.2) is 25.0 Å². The molecule has 4 amide bonds. The van der Waals surface area contributed by atoms with E-state index in [4.69, 9.17) is 21.1 Å². The summed E-state index contributed by atoms with van der Waals surface area (Å²) in [6.45, 7) is 2.21. The van der Waals surface area contributed by atoms with Crippen LogP contribution in [0.3, 0.4) is 0 Å². The normalized spacial score (nSPS) is 14.7. The molecule has 0 spiro atoms. The van der Waals surface area contributed by atoms with Gasteiger partial charge in [-0.1, -0.05) is 48.9 Å². The maximum Gasteiger partial charge on any atom is 0.335 e. The summed E-state index contributed by atoms with van der Waals surface area (Å²) in [4.78, 5) is 39.5. The number of carbonyl (C=O) groups excluding carboxylic acids is 3. The largest absolute Gasteiger partial charge is 0.493 e. The first-order valence-corrected chi connectivity index (χ1v) is 12.5. The van der Waals surface area contributed by atoms with Crippen LogP contribution < -0.4 is 19.7 Å². The minimum atomic E-state index is -0.778. The predicted molar refractivity (Wildman–Crippen MR) is 146 cm³/mol. The molecule has 7 nitrogen and oxygen atoms in total. The highest BCUT2D eigenvalue weighted by atomic mass is 127. The first-order chi connectivity index (χ1) is 17.3. The zero-order valence-corrected chi connectivity index (χ0v) is 22.4. The molecule has 1 aliphatic rings. The maximum absolute atomic E-state index is 13.3. The number of benzene rings is 3. The van der Waals surface area contributed by atoms with Gasteiger partial charge >= 0.3 is 6.03 Å². The number of nitrogens with zero attached hydrogens (tertiary/aromatic N) is 1. The van der Waals surface area contributed by atoms with Crippen molar-refractivity contribution < 1.29 is 23.9 Å². The third kappa shape index (κ3) is 5.39. The van der Waals surface area contributed by atoms with Crippen molar-refractivity contribution in [3.8, 4) is 11.5 Å². The van der Waals surface area contributed by atoms with Crippen molar-refractivity contribution in [3.05, 3.63) is 91.5 Å². The first kappa shape index (κ1) is 25.7. The summed E-state index contributed by atoms with van der Waals surface area (Å²) < 4.78 is 12.2. The number of para-hydroxylation sites is 1. The molecule has 0 radical (unpaired) electrons. The number of imide groups is 2. The van der Waals surface area contributed by atoms with E-state index in [1.54, 1.807) is 30.3 Å². The fourth-order valence-electron chi connectivity index (χ4n) is 3.82. The summed E-state index contributed by atoms with van der Waals surface area (Å²) in [5, 5.41) is 2.88. The van der Waals surface area contributed by atoms with Crippen LogP contribution in [0.25, 0.3) is 6.08 Å². The van der Waals surface area contributed by atoms with Crippen LogP contribution in [0.5, 0.6) is 11.5 Å². The highest BCUT2D eigenvalue weighted by Gasteiger charge is 2.37. The van der Waals surface area contributed by atoms with Crippen LogP contribution >= 0.6 is 34.2 Å². The third-order valence-electron chi connectivity index (χ3n) is 5.55. The van der Waals surface area contributed by atoms with Gasteiger partial charge in [0, 0.05) is 5.02 Å². The van der Waals surface area contributed by atoms with Crippen molar-refractivity contribution in [1.82, 2.24) is 5.32 Å². The van der Waals surface area contributed by atoms with Crippen LogP contribution in [0.4, 0.5) is 10.5 Å². The van der Waals surface area contributed by atoms with E-state index in [1.807, 2.05) is 37.3 Å². The number of methoxy groups -OCH3 is 1. The molecule has 0 aromatic heterocycles. The summed E-state index contributed by atoms with van der Waals surface area (Å²) in [5.41, 5.74) is 2.53. The number of barbiturate groups is 1. The molecule has 184 valence electrons. The van der Waals surface area contributed by atoms with Crippen LogP contribution in [-0.2, 0) is 22.6 Å². The average Bonchev–Trinajstić information content (AvgIpc) is 2.86. The van der Waals surface area contributed by atoms with Gasteiger partial charge in [0.2, 0.25) is 0 Å². The predicted octanol–water partition coefficient (Wildman–Crippen LogP) is 5.76. The zero-order valence-electron chi connectivity index (χ0n) is 19.5. The first-order valence-electron chi connectivity index (χ1n) is 11.1. The SMILES string of the molecule is CCc1ccccc1N1C(=O)NC(=O)/C(=C/c2cc(I)c(OCc3cccc(Cl)c3)c(OC)c2)C1=O. The average molecular weight is 617 g/mol. The molecule has 1 aliphatic heterocycles. The summed E-state index contributed by atoms with van der Waals surface area (Å²) in [6, 6.07) is 17.1. The molecule has 36 heavy (non-hydrogen) atoms. The molecule has 3 aromatic carbocycles. The summed E-state index contributed by atoms with van der Waals surface area (Å²) >= 11 is 8.16. The molecule has 1 fully saturated rings. The Balaban J connectivity index is 1.66. The Morgan fingerprint density at radius 3 is 2.56 bits per heavy atom. The van der Waals surface area contributed by atoms with Gasteiger partial charge in [0.1, 0.15) is 12.2 Å². The van der Waals surface area contributed by atoms with Crippen molar-refractivity contribution in [2.24, 2.45) is 0 Å². The molecule has 0 atom stereocenters. The van der Waals surface area contributed by atoms with E-state index < -0.39 is 17.8 Å². The molecule has 0 unspecified atom stereocenters. The smallest absolute Gasteiger partial charge is 0.335 e. The number of urea groups is 1. The summed E-state index contributed by atoms with van der Waals surface area (Å²) in [7, 11) is 1.51. The molecule has 3 aromatic rings. The van der Waals surface area contributed by atoms with Crippen molar-refractivity contribution in [3.63, 3.8) is 0 Å². The van der Waals surface area contributed by atoms with Gasteiger partial charge in [0.05, 0.1) is 16.4 Å². The van der Waals surface area contributed by atoms with Crippen molar-refractivity contribution in [2.45, 2.75) is 20.0 Å². The van der Waals surface area contributed by atoms with Crippen LogP contribution in [0.2, 0.25) is 5.02 Å². The lowest BCUT2D eigenvalue weighted by atomic mass is 10.0. The van der Waals surface area contributed by atoms with E-state index in [1.165, 1.54) is 13.2 Å². The van der Waals surface area contributed by atoms with Crippen molar-refractivity contribution in [1.29, 1.82) is 0 Å². The number of amides is 4. The Bertz CT molecular complexity index is 1390. The topological polar surface area (TPSA) is 84.9 Å². The summed E-state index contributed by atoms with van der Waals surface area (Å²) in [6.07, 6.45) is 2.06. The van der Waals surface area contributed by atoms with Gasteiger partial charge in [0.25, 0.3) is 11.8 Å². The number of anilines is 1. The number of halogens is 2. The van der Waals surface area contributed by atoms with Crippen molar-refractivity contribution in [2.75, 3.05) is 12.0 Å². The number of carbonyl (C=O) groups is 3. The van der Waals surface area contributed by atoms with Crippen LogP contribution in [0, 0.1) is 3.57 Å². The van der Waals surface area contributed by atoms with Gasteiger partial charge in [-0.05, 0) is 82.1 Å². The molecular formula is C27H22ClIN2O5. The monoisotopic (exact) mass is 616 g/mol.